The van der Waals surface area contributed by atoms with Crippen molar-refractivity contribution in [2.24, 2.45) is 5.73 Å². The van der Waals surface area contributed by atoms with Gasteiger partial charge in [0.1, 0.15) is 0 Å². The molecule has 1 atom stereocenters. The van der Waals surface area contributed by atoms with Gasteiger partial charge in [-0.3, -0.25) is 0 Å². The molecular weight excluding hydrogens is 258 g/mol. The molecule has 0 aliphatic heterocycles. The van der Waals surface area contributed by atoms with Crippen LogP contribution in [0, 0.1) is 6.92 Å². The van der Waals surface area contributed by atoms with Crippen molar-refractivity contribution >= 4 is 11.6 Å². The van der Waals surface area contributed by atoms with E-state index in [2.05, 4.69) is 22.5 Å². The smallest absolute Gasteiger partial charge is 0.0954 e. The first-order valence-electron chi connectivity index (χ1n) is 6.65. The van der Waals surface area contributed by atoms with E-state index in [4.69, 9.17) is 17.3 Å². The molecule has 0 bridgehead atoms. The molecule has 0 saturated heterocycles. The number of benzene rings is 1. The molecule has 2 N–H and O–H groups in total. The molecule has 0 amide bonds. The van der Waals surface area contributed by atoms with Gasteiger partial charge in [-0.25, -0.2) is 4.98 Å². The summed E-state index contributed by atoms with van der Waals surface area (Å²) in [5.41, 5.74) is 9.12. The topological polar surface area (TPSA) is 43.8 Å². The average molecular weight is 278 g/mol. The molecule has 0 fully saturated rings. The fourth-order valence-electron chi connectivity index (χ4n) is 2.28. The molecule has 0 spiro atoms. The number of nitrogens with two attached hydrogens (primary N) is 1. The molecule has 1 aromatic heterocycles. The highest BCUT2D eigenvalue weighted by molar-refractivity contribution is 6.31. The summed E-state index contributed by atoms with van der Waals surface area (Å²) in [6.45, 7) is 4.79. The van der Waals surface area contributed by atoms with Gasteiger partial charge >= 0.3 is 0 Å². The maximum Gasteiger partial charge on any atom is 0.0954 e. The summed E-state index contributed by atoms with van der Waals surface area (Å²) in [4.78, 5) is 4.27. The normalized spacial score (nSPS) is 12.6. The van der Waals surface area contributed by atoms with E-state index in [1.54, 1.807) is 0 Å². The third-order valence-corrected chi connectivity index (χ3v) is 3.83. The molecule has 1 unspecified atom stereocenters. The van der Waals surface area contributed by atoms with E-state index in [-0.39, 0.29) is 0 Å². The van der Waals surface area contributed by atoms with Crippen LogP contribution in [-0.4, -0.2) is 16.1 Å². The Hall–Kier alpha value is -1.32. The van der Waals surface area contributed by atoms with Crippen LogP contribution in [-0.2, 0) is 0 Å². The predicted octanol–water partition coefficient (Wildman–Crippen LogP) is 3.81. The summed E-state index contributed by atoms with van der Waals surface area (Å²) in [5.74, 6) is 0. The SMILES string of the molecule is CCCC(CN)n1cncc1-c1ccc(C)c(Cl)c1. The first-order chi connectivity index (χ1) is 9.17. The molecule has 2 aromatic rings. The number of aryl methyl sites for hydroxylation is 1. The maximum atomic E-state index is 6.20. The minimum atomic E-state index is 0.294. The van der Waals surface area contributed by atoms with E-state index in [0.29, 0.717) is 12.6 Å². The van der Waals surface area contributed by atoms with E-state index < -0.39 is 0 Å². The minimum Gasteiger partial charge on any atom is -0.328 e. The molecule has 102 valence electrons. The van der Waals surface area contributed by atoms with Crippen molar-refractivity contribution < 1.29 is 0 Å². The molecule has 0 saturated carbocycles. The molecule has 0 aliphatic carbocycles. The highest BCUT2D eigenvalue weighted by Gasteiger charge is 2.13. The van der Waals surface area contributed by atoms with Gasteiger partial charge in [0.2, 0.25) is 0 Å². The molecule has 1 aromatic carbocycles. The predicted molar refractivity (Wildman–Crippen MR) is 80.4 cm³/mol. The number of nitrogens with zero attached hydrogens (tertiary/aromatic N) is 2. The highest BCUT2D eigenvalue weighted by Crippen LogP contribution is 2.28. The third-order valence-electron chi connectivity index (χ3n) is 3.42. The number of halogens is 1. The molecule has 19 heavy (non-hydrogen) atoms. The highest BCUT2D eigenvalue weighted by atomic mass is 35.5. The lowest BCUT2D eigenvalue weighted by Crippen LogP contribution is -2.19. The zero-order chi connectivity index (χ0) is 13.8. The monoisotopic (exact) mass is 277 g/mol. The van der Waals surface area contributed by atoms with Gasteiger partial charge < -0.3 is 10.3 Å². The van der Waals surface area contributed by atoms with Crippen LogP contribution in [0.5, 0.6) is 0 Å². The van der Waals surface area contributed by atoms with Gasteiger partial charge in [0.25, 0.3) is 0 Å². The second-order valence-electron chi connectivity index (χ2n) is 4.83. The summed E-state index contributed by atoms with van der Waals surface area (Å²) >= 11 is 6.20. The quantitative estimate of drug-likeness (QED) is 0.903. The molecular formula is C15H20ClN3. The van der Waals surface area contributed by atoms with Crippen LogP contribution < -0.4 is 5.73 Å². The molecule has 4 heteroatoms. The number of hydrogen-bond donors (Lipinski definition) is 1. The fraction of sp³-hybridized carbons (Fsp3) is 0.400. The molecule has 0 aliphatic rings. The van der Waals surface area contributed by atoms with Crippen molar-refractivity contribution in [1.82, 2.24) is 9.55 Å². The lowest BCUT2D eigenvalue weighted by Gasteiger charge is -2.19. The zero-order valence-electron chi connectivity index (χ0n) is 11.4. The van der Waals surface area contributed by atoms with Gasteiger partial charge in [0.05, 0.1) is 18.2 Å². The standard InChI is InChI=1S/C15H20ClN3/c1-3-4-13(8-17)19-10-18-9-15(19)12-6-5-11(2)14(16)7-12/h5-7,9-10,13H,3-4,8,17H2,1-2H3. The van der Waals surface area contributed by atoms with Gasteiger partial charge in [-0.2, -0.15) is 0 Å². The third kappa shape index (κ3) is 2.99. The van der Waals surface area contributed by atoms with Gasteiger partial charge in [-0.15, -0.1) is 0 Å². The Morgan fingerprint density at radius 3 is 2.84 bits per heavy atom. The van der Waals surface area contributed by atoms with Crippen LogP contribution in [0.1, 0.15) is 31.4 Å². The van der Waals surface area contributed by atoms with E-state index in [0.717, 1.165) is 34.7 Å². The summed E-state index contributed by atoms with van der Waals surface area (Å²) in [5, 5.41) is 0.782. The number of hydrogen-bond acceptors (Lipinski definition) is 2. The van der Waals surface area contributed by atoms with Crippen LogP contribution in [0.4, 0.5) is 0 Å². The Morgan fingerprint density at radius 2 is 2.21 bits per heavy atom. The van der Waals surface area contributed by atoms with Gasteiger partial charge in [0.15, 0.2) is 0 Å². The molecule has 3 nitrogen and oxygen atoms in total. The van der Waals surface area contributed by atoms with Gasteiger partial charge in [0, 0.05) is 23.2 Å². The van der Waals surface area contributed by atoms with E-state index in [1.165, 1.54) is 0 Å². The summed E-state index contributed by atoms with van der Waals surface area (Å²) in [6, 6.07) is 6.40. The van der Waals surface area contributed by atoms with Gasteiger partial charge in [-0.1, -0.05) is 37.1 Å². The van der Waals surface area contributed by atoms with E-state index >= 15 is 0 Å². The lowest BCUT2D eigenvalue weighted by molar-refractivity contribution is 0.473. The van der Waals surface area contributed by atoms with Crippen molar-refractivity contribution in [3.05, 3.63) is 41.3 Å². The van der Waals surface area contributed by atoms with Crippen LogP contribution in [0.15, 0.2) is 30.7 Å². The van der Waals surface area contributed by atoms with Crippen molar-refractivity contribution in [3.63, 3.8) is 0 Å². The summed E-state index contributed by atoms with van der Waals surface area (Å²) in [6.07, 6.45) is 5.89. The van der Waals surface area contributed by atoms with Crippen molar-refractivity contribution in [3.8, 4) is 11.3 Å². The molecule has 0 radical (unpaired) electrons. The zero-order valence-corrected chi connectivity index (χ0v) is 12.2. The Morgan fingerprint density at radius 1 is 1.42 bits per heavy atom. The number of imidazole rings is 1. The Labute approximate surface area is 119 Å². The van der Waals surface area contributed by atoms with Crippen LogP contribution >= 0.6 is 11.6 Å². The minimum absolute atomic E-state index is 0.294. The number of rotatable bonds is 5. The second-order valence-corrected chi connectivity index (χ2v) is 5.24. The van der Waals surface area contributed by atoms with E-state index in [9.17, 15) is 0 Å². The summed E-state index contributed by atoms with van der Waals surface area (Å²) in [7, 11) is 0. The van der Waals surface area contributed by atoms with Crippen molar-refractivity contribution in [2.45, 2.75) is 32.7 Å². The first-order valence-corrected chi connectivity index (χ1v) is 7.03. The Balaban J connectivity index is 2.40. The fourth-order valence-corrected chi connectivity index (χ4v) is 2.46. The van der Waals surface area contributed by atoms with Crippen molar-refractivity contribution in [2.75, 3.05) is 6.54 Å². The second kappa shape index (κ2) is 6.22. The Bertz CT molecular complexity index is 548. The van der Waals surface area contributed by atoms with E-state index in [1.807, 2.05) is 31.6 Å². The van der Waals surface area contributed by atoms with Crippen molar-refractivity contribution in [1.29, 1.82) is 0 Å². The number of aromatic nitrogens is 2. The van der Waals surface area contributed by atoms with Gasteiger partial charge in [-0.05, 0) is 25.0 Å². The molecule has 2 rings (SSSR count). The summed E-state index contributed by atoms with van der Waals surface area (Å²) < 4.78 is 2.16. The molecule has 1 heterocycles. The lowest BCUT2D eigenvalue weighted by atomic mass is 10.1. The maximum absolute atomic E-state index is 6.20. The van der Waals surface area contributed by atoms with Crippen LogP contribution in [0.2, 0.25) is 5.02 Å². The Kier molecular flexibility index (Phi) is 4.61. The van der Waals surface area contributed by atoms with Crippen LogP contribution in [0.3, 0.4) is 0 Å². The average Bonchev–Trinajstić information content (AvgIpc) is 2.88. The van der Waals surface area contributed by atoms with Crippen LogP contribution in [0.25, 0.3) is 11.3 Å². The first kappa shape index (κ1) is 14.1. The largest absolute Gasteiger partial charge is 0.328 e.